The topological polar surface area (TPSA) is 77.3 Å². The first-order chi connectivity index (χ1) is 14.6. The van der Waals surface area contributed by atoms with Gasteiger partial charge in [0.05, 0.1) is 12.2 Å². The minimum Gasteiger partial charge on any atom is -0.396 e. The van der Waals surface area contributed by atoms with Crippen LogP contribution in [0.4, 0.5) is 0 Å². The molecule has 6 heteroatoms. The van der Waals surface area contributed by atoms with Crippen molar-refractivity contribution in [3.63, 3.8) is 0 Å². The first-order valence-electron chi connectivity index (χ1n) is 11.3. The maximum atomic E-state index is 10.9. The number of benzene rings is 1. The highest BCUT2D eigenvalue weighted by Gasteiger charge is 2.26. The molecule has 0 aliphatic carbocycles. The van der Waals surface area contributed by atoms with E-state index in [1.54, 1.807) is 7.11 Å². The van der Waals surface area contributed by atoms with Crippen molar-refractivity contribution in [3.05, 3.63) is 41.5 Å². The molecular weight excluding hydrogens is 378 g/mol. The normalized spacial score (nSPS) is 17.6. The number of unbranched alkanes of at least 4 members (excludes halogenated alkanes) is 3. The van der Waals surface area contributed by atoms with E-state index in [1.807, 2.05) is 11.0 Å². The molecule has 0 saturated carbocycles. The molecule has 2 atom stereocenters. The lowest BCUT2D eigenvalue weighted by atomic mass is 10.1. The number of nitrogens with zero attached hydrogens (tertiary/aromatic N) is 2. The van der Waals surface area contributed by atoms with Crippen molar-refractivity contribution >= 4 is 11.5 Å². The summed E-state index contributed by atoms with van der Waals surface area (Å²) in [4.78, 5) is 6.87. The van der Waals surface area contributed by atoms with Crippen LogP contribution in [0.2, 0.25) is 0 Å². The third-order valence-corrected chi connectivity index (χ3v) is 5.47. The first kappa shape index (κ1) is 24.5. The minimum absolute atomic E-state index is 0.200. The second-order valence-electron chi connectivity index (χ2n) is 7.76. The van der Waals surface area contributed by atoms with Crippen LogP contribution in [0.15, 0.2) is 35.3 Å². The summed E-state index contributed by atoms with van der Waals surface area (Å²) in [6.45, 7) is 5.80. The molecule has 0 spiro atoms. The number of aliphatic imine (C=N–C) groups is 1. The van der Waals surface area contributed by atoms with Crippen LogP contribution in [0, 0.1) is 0 Å². The average molecular weight is 418 g/mol. The second-order valence-corrected chi connectivity index (χ2v) is 7.76. The Balaban J connectivity index is 2.14. The van der Waals surface area contributed by atoms with Gasteiger partial charge in [0, 0.05) is 25.7 Å². The monoisotopic (exact) mass is 417 g/mol. The highest BCUT2D eigenvalue weighted by molar-refractivity contribution is 5.90. The molecule has 1 aliphatic rings. The fraction of sp³-hybridized carbons (Fsp3) is 0.625. The number of rotatable bonds is 14. The van der Waals surface area contributed by atoms with E-state index in [4.69, 9.17) is 14.8 Å². The van der Waals surface area contributed by atoms with Gasteiger partial charge in [-0.2, -0.15) is 0 Å². The van der Waals surface area contributed by atoms with Gasteiger partial charge in [-0.25, -0.2) is 4.99 Å². The third-order valence-electron chi connectivity index (χ3n) is 5.47. The van der Waals surface area contributed by atoms with Crippen molar-refractivity contribution in [1.82, 2.24) is 10.2 Å². The number of hydrogen-bond donors (Lipinski definition) is 3. The van der Waals surface area contributed by atoms with Crippen LogP contribution >= 0.6 is 0 Å². The van der Waals surface area contributed by atoms with Crippen molar-refractivity contribution in [3.8, 4) is 0 Å². The van der Waals surface area contributed by atoms with Gasteiger partial charge in [0.25, 0.3) is 0 Å². The van der Waals surface area contributed by atoms with E-state index in [2.05, 4.69) is 43.4 Å². The predicted octanol–water partition coefficient (Wildman–Crippen LogP) is 3.54. The summed E-state index contributed by atoms with van der Waals surface area (Å²) in [5, 5.41) is 23.2. The van der Waals surface area contributed by atoms with Crippen LogP contribution in [0.3, 0.4) is 0 Å². The maximum Gasteiger partial charge on any atom is 0.149 e. The van der Waals surface area contributed by atoms with Gasteiger partial charge >= 0.3 is 0 Å². The number of methoxy groups -OCH3 is 1. The molecule has 1 aromatic rings. The van der Waals surface area contributed by atoms with Gasteiger partial charge in [0.1, 0.15) is 18.3 Å². The molecule has 1 aliphatic heterocycles. The molecule has 2 rings (SSSR count). The molecule has 0 fully saturated rings. The smallest absolute Gasteiger partial charge is 0.149 e. The Morgan fingerprint density at radius 3 is 2.53 bits per heavy atom. The number of amidine groups is 1. The molecule has 6 nitrogen and oxygen atoms in total. The van der Waals surface area contributed by atoms with Gasteiger partial charge in [-0.05, 0) is 43.9 Å². The summed E-state index contributed by atoms with van der Waals surface area (Å²) in [6, 6.07) is 8.42. The lowest BCUT2D eigenvalue weighted by Crippen LogP contribution is -2.50. The van der Waals surface area contributed by atoms with Crippen molar-refractivity contribution in [2.75, 3.05) is 26.8 Å². The Hall–Kier alpha value is -1.73. The van der Waals surface area contributed by atoms with Crippen molar-refractivity contribution < 1.29 is 14.9 Å². The lowest BCUT2D eigenvalue weighted by Gasteiger charge is -2.35. The number of hydrogen-bond acceptors (Lipinski definition) is 6. The van der Waals surface area contributed by atoms with Crippen LogP contribution in [-0.2, 0) is 11.2 Å². The molecule has 168 valence electrons. The highest BCUT2D eigenvalue weighted by Crippen LogP contribution is 2.25. The van der Waals surface area contributed by atoms with Gasteiger partial charge in [0.2, 0.25) is 0 Å². The Bertz CT molecular complexity index is 673. The van der Waals surface area contributed by atoms with Crippen LogP contribution in [0.5, 0.6) is 0 Å². The van der Waals surface area contributed by atoms with Crippen molar-refractivity contribution in [2.24, 2.45) is 4.99 Å². The molecule has 3 N–H and O–H groups in total. The summed E-state index contributed by atoms with van der Waals surface area (Å²) < 4.78 is 5.59. The number of ether oxygens (including phenoxy) is 1. The average Bonchev–Trinajstić information content (AvgIpc) is 2.77. The molecule has 0 bridgehead atoms. The quantitative estimate of drug-likeness (QED) is 0.319. The van der Waals surface area contributed by atoms with E-state index < -0.39 is 6.23 Å². The predicted molar refractivity (Wildman–Crippen MR) is 123 cm³/mol. The summed E-state index contributed by atoms with van der Waals surface area (Å²) >= 11 is 0. The van der Waals surface area contributed by atoms with E-state index in [-0.39, 0.29) is 12.8 Å². The van der Waals surface area contributed by atoms with E-state index in [9.17, 15) is 5.11 Å². The minimum atomic E-state index is -0.739. The number of aryl methyl sites for hydroxylation is 1. The fourth-order valence-corrected chi connectivity index (χ4v) is 3.54. The van der Waals surface area contributed by atoms with Crippen LogP contribution in [-0.4, -0.2) is 60.2 Å². The van der Waals surface area contributed by atoms with E-state index in [1.165, 1.54) is 5.56 Å². The molecule has 2 unspecified atom stereocenters. The number of aliphatic hydroxyl groups is 2. The van der Waals surface area contributed by atoms with E-state index >= 15 is 0 Å². The van der Waals surface area contributed by atoms with Crippen LogP contribution in [0.25, 0.3) is 5.70 Å². The molecule has 30 heavy (non-hydrogen) atoms. The molecular formula is C24H39N3O3. The number of nitrogens with one attached hydrogen (secondary N) is 1. The summed E-state index contributed by atoms with van der Waals surface area (Å²) in [5.41, 5.74) is 3.15. The largest absolute Gasteiger partial charge is 0.396 e. The van der Waals surface area contributed by atoms with Crippen LogP contribution < -0.4 is 5.32 Å². The number of aliphatic hydroxyl groups excluding tert-OH is 2. The van der Waals surface area contributed by atoms with E-state index in [0.717, 1.165) is 68.6 Å². The Morgan fingerprint density at radius 1 is 1.13 bits per heavy atom. The molecule has 1 heterocycles. The Labute approximate surface area is 181 Å². The van der Waals surface area contributed by atoms with Crippen LogP contribution in [0.1, 0.15) is 63.5 Å². The molecule has 0 radical (unpaired) electrons. The van der Waals surface area contributed by atoms with Crippen molar-refractivity contribution in [1.29, 1.82) is 0 Å². The summed E-state index contributed by atoms with van der Waals surface area (Å²) in [7, 11) is 1.67. The van der Waals surface area contributed by atoms with Crippen molar-refractivity contribution in [2.45, 2.75) is 71.2 Å². The van der Waals surface area contributed by atoms with Gasteiger partial charge in [-0.3, -0.25) is 5.32 Å². The standard InChI is InChI=1S/C24H39N3O3/c1-4-6-7-10-22-26-21(20-13-11-19(5-2)12-14-20)17-24(29)27(22)18-23(30-3)25-15-8-9-16-28/h11-14,17,23-25,28-29H,4-10,15-16,18H2,1-3H3. The second kappa shape index (κ2) is 13.5. The summed E-state index contributed by atoms with van der Waals surface area (Å²) in [6.07, 6.45) is 7.68. The molecule has 0 saturated heterocycles. The van der Waals surface area contributed by atoms with Gasteiger partial charge in [-0.15, -0.1) is 0 Å². The SMILES string of the molecule is CCCCCC1=NC(c2ccc(CC)cc2)=CC(O)N1CC(NCCCCO)OC. The Morgan fingerprint density at radius 2 is 1.90 bits per heavy atom. The Kier molecular flexibility index (Phi) is 11.1. The zero-order valence-electron chi connectivity index (χ0n) is 18.8. The first-order valence-corrected chi connectivity index (χ1v) is 11.3. The molecule has 0 amide bonds. The highest BCUT2D eigenvalue weighted by atomic mass is 16.5. The van der Waals surface area contributed by atoms with Gasteiger partial charge in [0.15, 0.2) is 0 Å². The van der Waals surface area contributed by atoms with Gasteiger partial charge < -0.3 is 19.8 Å². The molecule has 0 aromatic heterocycles. The maximum absolute atomic E-state index is 10.9. The molecule has 1 aromatic carbocycles. The van der Waals surface area contributed by atoms with E-state index in [0.29, 0.717) is 6.54 Å². The lowest BCUT2D eigenvalue weighted by molar-refractivity contribution is 0.0140. The third kappa shape index (κ3) is 7.51. The fourth-order valence-electron chi connectivity index (χ4n) is 3.54. The summed E-state index contributed by atoms with van der Waals surface area (Å²) in [5.74, 6) is 0.909. The van der Waals surface area contributed by atoms with Gasteiger partial charge in [-0.1, -0.05) is 51.0 Å². The zero-order valence-corrected chi connectivity index (χ0v) is 18.8. The zero-order chi connectivity index (χ0) is 21.8.